The molecule has 1 N–H and O–H groups in total. The summed E-state index contributed by atoms with van der Waals surface area (Å²) in [7, 11) is 0. The largest absolute Gasteiger partial charge is 0.438 e. The minimum absolute atomic E-state index is 0.205. The van der Waals surface area contributed by atoms with Crippen LogP contribution in [0.15, 0.2) is 27.9 Å². The fourth-order valence-corrected chi connectivity index (χ4v) is 2.36. The van der Waals surface area contributed by atoms with E-state index in [1.54, 1.807) is 32.0 Å². The first-order valence-corrected chi connectivity index (χ1v) is 8.30. The van der Waals surface area contributed by atoms with Crippen LogP contribution in [0.1, 0.15) is 33.5 Å². The topological polar surface area (TPSA) is 76.7 Å². The van der Waals surface area contributed by atoms with Crippen molar-refractivity contribution < 1.29 is 14.2 Å². The molecule has 25 heavy (non-hydrogen) atoms. The Morgan fingerprint density at radius 2 is 1.88 bits per heavy atom. The van der Waals surface area contributed by atoms with E-state index in [0.717, 1.165) is 0 Å². The minimum Gasteiger partial charge on any atom is -0.359 e. The molecule has 1 aromatic carbocycles. The first kappa shape index (κ1) is 19.3. The molecule has 0 fully saturated rings. The fraction of sp³-hybridized carbons (Fsp3) is 0.353. The molecular weight excluding hydrogens is 365 g/mol. The highest BCUT2D eigenvalue weighted by Gasteiger charge is 2.22. The zero-order chi connectivity index (χ0) is 18.8. The predicted octanol–water partition coefficient (Wildman–Crippen LogP) is 5.93. The molecule has 2 aromatic rings. The van der Waals surface area contributed by atoms with Gasteiger partial charge in [0.25, 0.3) is 0 Å². The molecule has 134 valence electrons. The molecule has 0 saturated heterocycles. The van der Waals surface area contributed by atoms with Crippen molar-refractivity contribution in [2.45, 2.75) is 34.6 Å². The van der Waals surface area contributed by atoms with Gasteiger partial charge in [0, 0.05) is 11.0 Å². The van der Waals surface area contributed by atoms with Crippen molar-refractivity contribution in [3.8, 4) is 11.3 Å². The smallest absolute Gasteiger partial charge is 0.359 e. The van der Waals surface area contributed by atoms with Gasteiger partial charge in [0.15, 0.2) is 5.76 Å². The highest BCUT2D eigenvalue weighted by Crippen LogP contribution is 2.39. The number of carbonyl (C=O) groups excluding carboxylic acids is 1. The molecule has 0 atom stereocenters. The number of oxime groups is 1. The summed E-state index contributed by atoms with van der Waals surface area (Å²) >= 11 is 12.4. The molecule has 0 aliphatic carbocycles. The standard InChI is InChI=1S/C17H19Cl2N3O3/c1-9-14(20-16(23)25-21-10(2)17(3,4)5)15(22-24-9)13-11(18)7-6-8-12(13)19/h6-8H,1-5H3,(H,20,23)/b21-10+. The monoisotopic (exact) mass is 383 g/mol. The average Bonchev–Trinajstić information content (AvgIpc) is 2.85. The van der Waals surface area contributed by atoms with Crippen LogP contribution in [0.5, 0.6) is 0 Å². The number of amides is 1. The van der Waals surface area contributed by atoms with Gasteiger partial charge in [-0.1, -0.05) is 60.4 Å². The molecule has 0 saturated carbocycles. The maximum absolute atomic E-state index is 12.1. The lowest BCUT2D eigenvalue weighted by Crippen LogP contribution is -2.19. The number of hydrogen-bond acceptors (Lipinski definition) is 5. The van der Waals surface area contributed by atoms with Crippen LogP contribution < -0.4 is 5.32 Å². The van der Waals surface area contributed by atoms with E-state index in [0.29, 0.717) is 38.5 Å². The van der Waals surface area contributed by atoms with Crippen LogP contribution in [-0.2, 0) is 4.84 Å². The maximum Gasteiger partial charge on any atom is 0.438 e. The molecule has 0 radical (unpaired) electrons. The zero-order valence-corrected chi connectivity index (χ0v) is 16.1. The van der Waals surface area contributed by atoms with Gasteiger partial charge in [-0.05, 0) is 26.0 Å². The van der Waals surface area contributed by atoms with E-state index in [9.17, 15) is 4.79 Å². The van der Waals surface area contributed by atoms with Crippen molar-refractivity contribution in [1.82, 2.24) is 5.16 Å². The molecule has 0 aliphatic rings. The van der Waals surface area contributed by atoms with Gasteiger partial charge in [-0.2, -0.15) is 0 Å². The van der Waals surface area contributed by atoms with Gasteiger partial charge in [-0.25, -0.2) is 4.79 Å². The van der Waals surface area contributed by atoms with E-state index in [2.05, 4.69) is 15.6 Å². The zero-order valence-electron chi connectivity index (χ0n) is 14.6. The van der Waals surface area contributed by atoms with Crippen molar-refractivity contribution in [1.29, 1.82) is 0 Å². The van der Waals surface area contributed by atoms with Crippen LogP contribution in [-0.4, -0.2) is 17.0 Å². The second kappa shape index (κ2) is 7.45. The number of anilines is 1. The molecule has 0 spiro atoms. The van der Waals surface area contributed by atoms with Crippen molar-refractivity contribution in [3.05, 3.63) is 34.0 Å². The molecule has 6 nitrogen and oxygen atoms in total. The highest BCUT2D eigenvalue weighted by molar-refractivity contribution is 6.39. The summed E-state index contributed by atoms with van der Waals surface area (Å²) in [6.07, 6.45) is -0.765. The Balaban J connectivity index is 2.27. The Hall–Kier alpha value is -2.05. The number of benzene rings is 1. The highest BCUT2D eigenvalue weighted by atomic mass is 35.5. The Morgan fingerprint density at radius 3 is 2.44 bits per heavy atom. The second-order valence-electron chi connectivity index (χ2n) is 6.49. The molecular formula is C17H19Cl2N3O3. The van der Waals surface area contributed by atoms with Crippen LogP contribution in [0, 0.1) is 12.3 Å². The quantitative estimate of drug-likeness (QED) is 0.404. The fourth-order valence-electron chi connectivity index (χ4n) is 1.79. The van der Waals surface area contributed by atoms with Crippen molar-refractivity contribution in [3.63, 3.8) is 0 Å². The Bertz CT molecular complexity index is 803. The summed E-state index contributed by atoms with van der Waals surface area (Å²) in [5.41, 5.74) is 1.58. The third-order valence-electron chi connectivity index (χ3n) is 3.64. The van der Waals surface area contributed by atoms with Gasteiger partial charge in [0.2, 0.25) is 0 Å². The van der Waals surface area contributed by atoms with Gasteiger partial charge in [0.1, 0.15) is 11.4 Å². The first-order valence-electron chi connectivity index (χ1n) is 7.55. The van der Waals surface area contributed by atoms with Crippen LogP contribution >= 0.6 is 23.2 Å². The number of hydrogen-bond donors (Lipinski definition) is 1. The van der Waals surface area contributed by atoms with Gasteiger partial charge in [-0.3, -0.25) is 10.2 Å². The lowest BCUT2D eigenvalue weighted by molar-refractivity contribution is 0.165. The molecule has 1 amide bonds. The third-order valence-corrected chi connectivity index (χ3v) is 4.27. The first-order chi connectivity index (χ1) is 11.6. The Labute approximate surface area is 156 Å². The number of rotatable bonds is 3. The van der Waals surface area contributed by atoms with Gasteiger partial charge in [-0.15, -0.1) is 0 Å². The summed E-state index contributed by atoms with van der Waals surface area (Å²) in [5, 5.41) is 11.1. The lowest BCUT2D eigenvalue weighted by atomic mass is 9.91. The molecule has 8 heteroatoms. The number of carbonyl (C=O) groups is 1. The maximum atomic E-state index is 12.1. The van der Waals surface area contributed by atoms with E-state index >= 15 is 0 Å². The Morgan fingerprint density at radius 1 is 1.28 bits per heavy atom. The van der Waals surface area contributed by atoms with E-state index in [1.807, 2.05) is 20.8 Å². The minimum atomic E-state index is -0.765. The SMILES string of the molecule is C/C(=N\OC(=O)Nc1c(-c2c(Cl)cccc2Cl)noc1C)C(C)(C)C. The van der Waals surface area contributed by atoms with E-state index in [4.69, 9.17) is 32.6 Å². The van der Waals surface area contributed by atoms with Crippen molar-refractivity contribution in [2.24, 2.45) is 10.6 Å². The molecule has 1 aromatic heterocycles. The van der Waals surface area contributed by atoms with Crippen LogP contribution in [0.25, 0.3) is 11.3 Å². The number of nitrogens with one attached hydrogen (secondary N) is 1. The number of halogens is 2. The Kier molecular flexibility index (Phi) is 5.75. The lowest BCUT2D eigenvalue weighted by Gasteiger charge is -2.16. The summed E-state index contributed by atoms with van der Waals surface area (Å²) in [6, 6.07) is 5.06. The average molecular weight is 384 g/mol. The molecule has 1 heterocycles. The van der Waals surface area contributed by atoms with E-state index in [1.165, 1.54) is 0 Å². The predicted molar refractivity (Wildman–Crippen MR) is 99.4 cm³/mol. The van der Waals surface area contributed by atoms with Crippen LogP contribution in [0.4, 0.5) is 10.5 Å². The van der Waals surface area contributed by atoms with Crippen molar-refractivity contribution in [2.75, 3.05) is 5.32 Å². The van der Waals surface area contributed by atoms with Crippen LogP contribution in [0.2, 0.25) is 10.0 Å². The number of aromatic nitrogens is 1. The van der Waals surface area contributed by atoms with E-state index in [-0.39, 0.29) is 5.41 Å². The summed E-state index contributed by atoms with van der Waals surface area (Å²) in [5.74, 6) is 0.388. The van der Waals surface area contributed by atoms with Crippen molar-refractivity contribution >= 4 is 40.7 Å². The van der Waals surface area contributed by atoms with E-state index < -0.39 is 6.09 Å². The van der Waals surface area contributed by atoms with Gasteiger partial charge < -0.3 is 4.52 Å². The normalized spacial score (nSPS) is 12.2. The van der Waals surface area contributed by atoms with Gasteiger partial charge in [0.05, 0.1) is 15.8 Å². The second-order valence-corrected chi connectivity index (χ2v) is 7.30. The third kappa shape index (κ3) is 4.52. The summed E-state index contributed by atoms with van der Waals surface area (Å²) in [4.78, 5) is 17.0. The number of aryl methyl sites for hydroxylation is 1. The molecule has 0 aliphatic heterocycles. The summed E-state index contributed by atoms with van der Waals surface area (Å²) < 4.78 is 5.17. The molecule has 0 unspecified atom stereocenters. The van der Waals surface area contributed by atoms with Gasteiger partial charge >= 0.3 is 6.09 Å². The molecule has 0 bridgehead atoms. The number of nitrogens with zero attached hydrogens (tertiary/aromatic N) is 2. The summed E-state index contributed by atoms with van der Waals surface area (Å²) in [6.45, 7) is 9.34. The molecule has 2 rings (SSSR count). The van der Waals surface area contributed by atoms with Crippen LogP contribution in [0.3, 0.4) is 0 Å².